The Morgan fingerprint density at radius 2 is 1.74 bits per heavy atom. The first-order chi connectivity index (χ1) is 10.8. The van der Waals surface area contributed by atoms with Crippen molar-refractivity contribution in [2.24, 2.45) is 0 Å². The van der Waals surface area contributed by atoms with E-state index in [1.165, 1.54) is 28.0 Å². The van der Waals surface area contributed by atoms with Gasteiger partial charge in [-0.05, 0) is 12.1 Å². The van der Waals surface area contributed by atoms with Crippen molar-refractivity contribution in [3.8, 4) is 0 Å². The van der Waals surface area contributed by atoms with Gasteiger partial charge in [0.15, 0.2) is 0 Å². The highest BCUT2D eigenvalue weighted by atomic mass is 35.5. The lowest BCUT2D eigenvalue weighted by Crippen LogP contribution is -2.52. The molecule has 1 aromatic carbocycles. The molecular weight excluding hydrogens is 324 g/mol. The van der Waals surface area contributed by atoms with Crippen molar-refractivity contribution >= 4 is 29.2 Å². The molecule has 0 N–H and O–H groups in total. The van der Waals surface area contributed by atoms with Crippen LogP contribution in [-0.4, -0.2) is 71.8 Å². The quantitative estimate of drug-likeness (QED) is 0.605. The van der Waals surface area contributed by atoms with Crippen molar-refractivity contribution in [1.82, 2.24) is 14.7 Å². The van der Waals surface area contributed by atoms with Gasteiger partial charge in [-0.3, -0.25) is 14.9 Å². The van der Waals surface area contributed by atoms with Crippen molar-refractivity contribution in [3.63, 3.8) is 0 Å². The molecule has 8 nitrogen and oxygen atoms in total. The number of amides is 3. The van der Waals surface area contributed by atoms with Gasteiger partial charge in [0.25, 0.3) is 11.6 Å². The SMILES string of the molecule is CN(C)C(=O)N1CCN(C(=O)c2ccc(Cl)cc2[N+](=O)[O-])CC1. The first-order valence-corrected chi connectivity index (χ1v) is 7.38. The third-order valence-electron chi connectivity index (χ3n) is 3.61. The van der Waals surface area contributed by atoms with Crippen LogP contribution in [0.4, 0.5) is 10.5 Å². The van der Waals surface area contributed by atoms with Crippen molar-refractivity contribution in [2.45, 2.75) is 0 Å². The number of urea groups is 1. The minimum atomic E-state index is -0.620. The average molecular weight is 341 g/mol. The molecule has 0 aliphatic carbocycles. The topological polar surface area (TPSA) is 87.0 Å². The minimum absolute atomic E-state index is 0.00628. The number of carbonyl (C=O) groups excluding carboxylic acids is 2. The van der Waals surface area contributed by atoms with E-state index in [1.54, 1.807) is 19.0 Å². The molecule has 0 unspecified atom stereocenters. The molecule has 1 saturated heterocycles. The van der Waals surface area contributed by atoms with Gasteiger partial charge in [0.05, 0.1) is 4.92 Å². The molecule has 1 fully saturated rings. The zero-order valence-corrected chi connectivity index (χ0v) is 13.6. The maximum absolute atomic E-state index is 12.5. The Balaban J connectivity index is 2.12. The van der Waals surface area contributed by atoms with E-state index in [0.29, 0.717) is 26.2 Å². The maximum Gasteiger partial charge on any atom is 0.319 e. The molecule has 9 heteroatoms. The number of benzene rings is 1. The van der Waals surface area contributed by atoms with Crippen LogP contribution in [0, 0.1) is 10.1 Å². The summed E-state index contributed by atoms with van der Waals surface area (Å²) in [6, 6.07) is 3.86. The van der Waals surface area contributed by atoms with Crippen LogP contribution in [0.5, 0.6) is 0 Å². The van der Waals surface area contributed by atoms with Crippen molar-refractivity contribution in [3.05, 3.63) is 38.9 Å². The molecule has 0 bridgehead atoms. The van der Waals surface area contributed by atoms with Gasteiger partial charge in [0.2, 0.25) is 0 Å². The highest BCUT2D eigenvalue weighted by molar-refractivity contribution is 6.31. The van der Waals surface area contributed by atoms with Gasteiger partial charge >= 0.3 is 6.03 Å². The first kappa shape index (κ1) is 17.0. The third-order valence-corrected chi connectivity index (χ3v) is 3.84. The second-order valence-corrected chi connectivity index (χ2v) is 5.81. The lowest BCUT2D eigenvalue weighted by Gasteiger charge is -2.35. The Hall–Kier alpha value is -2.35. The Morgan fingerprint density at radius 3 is 2.26 bits per heavy atom. The number of hydrogen-bond acceptors (Lipinski definition) is 4. The summed E-state index contributed by atoms with van der Waals surface area (Å²) in [4.78, 5) is 39.5. The Kier molecular flexibility index (Phi) is 5.05. The summed E-state index contributed by atoms with van der Waals surface area (Å²) < 4.78 is 0. The molecule has 1 aliphatic rings. The van der Waals surface area contributed by atoms with E-state index in [4.69, 9.17) is 11.6 Å². The Morgan fingerprint density at radius 1 is 1.17 bits per heavy atom. The van der Waals surface area contributed by atoms with Gasteiger partial charge in [0, 0.05) is 51.4 Å². The van der Waals surface area contributed by atoms with Crippen LogP contribution in [0.3, 0.4) is 0 Å². The number of nitro benzene ring substituents is 1. The van der Waals surface area contributed by atoms with Crippen LogP contribution in [0.25, 0.3) is 0 Å². The van der Waals surface area contributed by atoms with Crippen molar-refractivity contribution < 1.29 is 14.5 Å². The minimum Gasteiger partial charge on any atom is -0.335 e. The molecule has 0 radical (unpaired) electrons. The summed E-state index contributed by atoms with van der Waals surface area (Å²) in [6.07, 6.45) is 0. The highest BCUT2D eigenvalue weighted by Gasteiger charge is 2.29. The van der Waals surface area contributed by atoms with Gasteiger partial charge < -0.3 is 14.7 Å². The molecule has 1 aromatic rings. The second-order valence-electron chi connectivity index (χ2n) is 5.37. The van der Waals surface area contributed by atoms with E-state index >= 15 is 0 Å². The third kappa shape index (κ3) is 3.70. The molecule has 0 atom stereocenters. The fourth-order valence-electron chi connectivity index (χ4n) is 2.39. The highest BCUT2D eigenvalue weighted by Crippen LogP contribution is 2.25. The van der Waals surface area contributed by atoms with E-state index in [1.807, 2.05) is 0 Å². The number of halogens is 1. The Bertz CT molecular complexity index is 642. The van der Waals surface area contributed by atoms with E-state index in [-0.39, 0.29) is 22.3 Å². The summed E-state index contributed by atoms with van der Waals surface area (Å²) >= 11 is 5.76. The van der Waals surface area contributed by atoms with Crippen LogP contribution < -0.4 is 0 Å². The fourth-order valence-corrected chi connectivity index (χ4v) is 2.56. The first-order valence-electron chi connectivity index (χ1n) is 7.00. The van der Waals surface area contributed by atoms with Gasteiger partial charge in [-0.2, -0.15) is 0 Å². The summed E-state index contributed by atoms with van der Waals surface area (Å²) in [5.74, 6) is -0.426. The van der Waals surface area contributed by atoms with E-state index < -0.39 is 10.8 Å². The molecule has 0 saturated carbocycles. The van der Waals surface area contributed by atoms with Crippen molar-refractivity contribution in [2.75, 3.05) is 40.3 Å². The maximum atomic E-state index is 12.5. The molecule has 23 heavy (non-hydrogen) atoms. The monoisotopic (exact) mass is 340 g/mol. The van der Waals surface area contributed by atoms with Crippen LogP contribution in [0.2, 0.25) is 5.02 Å². The van der Waals surface area contributed by atoms with E-state index in [2.05, 4.69) is 0 Å². The van der Waals surface area contributed by atoms with Gasteiger partial charge in [-0.1, -0.05) is 11.6 Å². The molecule has 1 heterocycles. The largest absolute Gasteiger partial charge is 0.335 e. The summed E-state index contributed by atoms with van der Waals surface area (Å²) in [6.45, 7) is 1.45. The second kappa shape index (κ2) is 6.82. The van der Waals surface area contributed by atoms with Gasteiger partial charge in [-0.15, -0.1) is 0 Å². The number of rotatable bonds is 2. The van der Waals surface area contributed by atoms with Crippen LogP contribution in [-0.2, 0) is 0 Å². The van der Waals surface area contributed by atoms with Gasteiger partial charge in [-0.25, -0.2) is 4.79 Å². The number of carbonyl (C=O) groups is 2. The number of nitrogens with zero attached hydrogens (tertiary/aromatic N) is 4. The summed E-state index contributed by atoms with van der Waals surface area (Å²) in [5, 5.41) is 11.3. The predicted molar refractivity (Wildman–Crippen MR) is 84.7 cm³/mol. The van der Waals surface area contributed by atoms with Crippen LogP contribution in [0.15, 0.2) is 18.2 Å². The molecule has 2 rings (SSSR count). The number of hydrogen-bond donors (Lipinski definition) is 0. The fraction of sp³-hybridized carbons (Fsp3) is 0.429. The number of piperazine rings is 1. The normalized spacial score (nSPS) is 14.6. The molecule has 3 amide bonds. The smallest absolute Gasteiger partial charge is 0.319 e. The van der Waals surface area contributed by atoms with E-state index in [0.717, 1.165) is 0 Å². The van der Waals surface area contributed by atoms with Gasteiger partial charge in [0.1, 0.15) is 5.56 Å². The Labute approximate surface area is 138 Å². The van der Waals surface area contributed by atoms with E-state index in [9.17, 15) is 19.7 Å². The predicted octanol–water partition coefficient (Wildman–Crippen LogP) is 1.69. The summed E-state index contributed by atoms with van der Waals surface area (Å²) in [7, 11) is 3.33. The molecule has 124 valence electrons. The zero-order chi connectivity index (χ0) is 17.1. The molecule has 1 aliphatic heterocycles. The van der Waals surface area contributed by atoms with Crippen molar-refractivity contribution in [1.29, 1.82) is 0 Å². The van der Waals surface area contributed by atoms with Crippen LogP contribution >= 0.6 is 11.6 Å². The molecule has 0 aromatic heterocycles. The lowest BCUT2D eigenvalue weighted by atomic mass is 10.1. The standard InChI is InChI=1S/C14H17ClN4O4/c1-16(2)14(21)18-7-5-17(6-8-18)13(20)11-4-3-10(15)9-12(11)19(22)23/h3-4,9H,5-8H2,1-2H3. The van der Waals surface area contributed by atoms with Crippen LogP contribution in [0.1, 0.15) is 10.4 Å². The average Bonchev–Trinajstić information content (AvgIpc) is 2.53. The lowest BCUT2D eigenvalue weighted by molar-refractivity contribution is -0.385. The zero-order valence-electron chi connectivity index (χ0n) is 12.9. The number of nitro groups is 1. The molecule has 0 spiro atoms. The summed E-state index contributed by atoms with van der Waals surface area (Å²) in [5.41, 5.74) is -0.305. The molecular formula is C14H17ClN4O4.